The first kappa shape index (κ1) is 17.0. The molecule has 0 bridgehead atoms. The summed E-state index contributed by atoms with van der Waals surface area (Å²) in [6.07, 6.45) is 1.01. The van der Waals surface area contributed by atoms with E-state index < -0.39 is 11.8 Å². The highest BCUT2D eigenvalue weighted by Crippen LogP contribution is 2.16. The highest BCUT2D eigenvalue weighted by atomic mass is 16.5. The predicted octanol–water partition coefficient (Wildman–Crippen LogP) is 1.88. The quantitative estimate of drug-likeness (QED) is 0.428. The van der Waals surface area contributed by atoms with Crippen molar-refractivity contribution in [1.29, 1.82) is 0 Å². The van der Waals surface area contributed by atoms with Crippen molar-refractivity contribution in [3.8, 4) is 11.5 Å². The highest BCUT2D eigenvalue weighted by Gasteiger charge is 2.09. The Labute approximate surface area is 139 Å². The van der Waals surface area contributed by atoms with Crippen LogP contribution in [0.2, 0.25) is 0 Å². The molecule has 0 atom stereocenters. The molecular weight excluding hydrogens is 310 g/mol. The van der Waals surface area contributed by atoms with Crippen LogP contribution in [0.1, 0.15) is 12.0 Å². The lowest BCUT2D eigenvalue weighted by Gasteiger charge is -2.06. The average molecular weight is 327 g/mol. The number of benzene rings is 2. The van der Waals surface area contributed by atoms with Crippen molar-refractivity contribution >= 4 is 23.7 Å². The first-order valence-corrected chi connectivity index (χ1v) is 7.11. The van der Waals surface area contributed by atoms with Gasteiger partial charge < -0.3 is 15.2 Å². The molecule has 0 saturated carbocycles. The Morgan fingerprint density at radius 2 is 1.96 bits per heavy atom. The van der Waals surface area contributed by atoms with E-state index in [-0.39, 0.29) is 12.2 Å². The minimum absolute atomic E-state index is 0.0999. The van der Waals surface area contributed by atoms with E-state index in [0.717, 1.165) is 0 Å². The Hall–Kier alpha value is -3.35. The third-order valence-corrected chi connectivity index (χ3v) is 2.95. The summed E-state index contributed by atoms with van der Waals surface area (Å²) in [5, 5.41) is 15.6. The highest BCUT2D eigenvalue weighted by molar-refractivity contribution is 6.03. The van der Waals surface area contributed by atoms with Crippen molar-refractivity contribution in [3.05, 3.63) is 54.1 Å². The summed E-state index contributed by atoms with van der Waals surface area (Å²) in [5.41, 5.74) is 3.41. The van der Waals surface area contributed by atoms with E-state index in [1.165, 1.54) is 25.5 Å². The van der Waals surface area contributed by atoms with Crippen LogP contribution in [0.4, 0.5) is 5.69 Å². The van der Waals surface area contributed by atoms with Gasteiger partial charge in [-0.1, -0.05) is 18.2 Å². The molecule has 0 unspecified atom stereocenters. The molecule has 0 aliphatic rings. The van der Waals surface area contributed by atoms with Crippen molar-refractivity contribution in [2.24, 2.45) is 5.10 Å². The van der Waals surface area contributed by atoms with Crippen molar-refractivity contribution in [3.63, 3.8) is 0 Å². The van der Waals surface area contributed by atoms with Crippen LogP contribution in [-0.2, 0) is 9.59 Å². The second-order valence-corrected chi connectivity index (χ2v) is 4.85. The van der Waals surface area contributed by atoms with Crippen LogP contribution in [0.15, 0.2) is 53.6 Å². The van der Waals surface area contributed by atoms with Crippen LogP contribution in [0.3, 0.4) is 0 Å². The van der Waals surface area contributed by atoms with Crippen molar-refractivity contribution in [2.45, 2.75) is 6.42 Å². The van der Waals surface area contributed by atoms with Gasteiger partial charge >= 0.3 is 0 Å². The maximum Gasteiger partial charge on any atom is 0.249 e. The van der Waals surface area contributed by atoms with Gasteiger partial charge in [0, 0.05) is 11.8 Å². The minimum atomic E-state index is -0.549. The monoisotopic (exact) mass is 327 g/mol. The van der Waals surface area contributed by atoms with E-state index in [2.05, 4.69) is 15.8 Å². The third-order valence-electron chi connectivity index (χ3n) is 2.95. The van der Waals surface area contributed by atoms with Gasteiger partial charge in [-0.25, -0.2) is 5.43 Å². The predicted molar refractivity (Wildman–Crippen MR) is 90.1 cm³/mol. The second kappa shape index (κ2) is 8.33. The lowest BCUT2D eigenvalue weighted by molar-refractivity contribution is -0.126. The molecule has 0 spiro atoms. The molecule has 2 amide bonds. The van der Waals surface area contributed by atoms with Gasteiger partial charge in [-0.15, -0.1) is 0 Å². The standard InChI is InChI=1S/C17H17N3O4/c1-24-15-7-3-5-13(9-15)19-16(22)10-17(23)20-18-11-12-4-2-6-14(21)8-12/h2-9,11,21H,10H2,1H3,(H,19,22)(H,20,23). The fraction of sp³-hybridized carbons (Fsp3) is 0.118. The van der Waals surface area contributed by atoms with Gasteiger partial charge in [0.15, 0.2) is 0 Å². The Bertz CT molecular complexity index is 759. The molecular formula is C17H17N3O4. The summed E-state index contributed by atoms with van der Waals surface area (Å²) in [4.78, 5) is 23.5. The first-order valence-electron chi connectivity index (χ1n) is 7.11. The Balaban J connectivity index is 1.82. The number of amides is 2. The molecule has 0 radical (unpaired) electrons. The minimum Gasteiger partial charge on any atom is -0.508 e. The molecule has 3 N–H and O–H groups in total. The number of ether oxygens (including phenoxy) is 1. The molecule has 0 aliphatic heterocycles. The van der Waals surface area contributed by atoms with Crippen LogP contribution in [0.25, 0.3) is 0 Å². The molecule has 24 heavy (non-hydrogen) atoms. The van der Waals surface area contributed by atoms with E-state index in [4.69, 9.17) is 4.74 Å². The number of rotatable bonds is 6. The zero-order valence-electron chi connectivity index (χ0n) is 13.0. The number of nitrogens with zero attached hydrogens (tertiary/aromatic N) is 1. The summed E-state index contributed by atoms with van der Waals surface area (Å²) in [6.45, 7) is 0. The third kappa shape index (κ3) is 5.45. The number of hydrogen-bond acceptors (Lipinski definition) is 5. The molecule has 7 nitrogen and oxygen atoms in total. The maximum atomic E-state index is 11.8. The number of hydrazone groups is 1. The largest absolute Gasteiger partial charge is 0.508 e. The fourth-order valence-corrected chi connectivity index (χ4v) is 1.88. The Morgan fingerprint density at radius 3 is 2.71 bits per heavy atom. The molecule has 124 valence electrons. The number of carbonyl (C=O) groups is 2. The summed E-state index contributed by atoms with van der Waals surface area (Å²) in [7, 11) is 1.53. The summed E-state index contributed by atoms with van der Waals surface area (Å²) < 4.78 is 5.05. The summed E-state index contributed by atoms with van der Waals surface area (Å²) in [5.74, 6) is -0.309. The number of hydrogen-bond donors (Lipinski definition) is 3. The van der Waals surface area contributed by atoms with E-state index in [1.54, 1.807) is 36.4 Å². The number of aromatic hydroxyl groups is 1. The topological polar surface area (TPSA) is 100 Å². The number of carbonyl (C=O) groups excluding carboxylic acids is 2. The second-order valence-electron chi connectivity index (χ2n) is 4.85. The van der Waals surface area contributed by atoms with E-state index >= 15 is 0 Å². The van der Waals surface area contributed by atoms with Crippen molar-refractivity contribution in [1.82, 2.24) is 5.43 Å². The van der Waals surface area contributed by atoms with E-state index in [9.17, 15) is 14.7 Å². The number of anilines is 1. The molecule has 0 saturated heterocycles. The number of methoxy groups -OCH3 is 1. The lowest BCUT2D eigenvalue weighted by atomic mass is 10.2. The van der Waals surface area contributed by atoms with Crippen LogP contribution >= 0.6 is 0 Å². The van der Waals surface area contributed by atoms with Crippen molar-refractivity contribution < 1.29 is 19.4 Å². The average Bonchev–Trinajstić information content (AvgIpc) is 2.55. The van der Waals surface area contributed by atoms with Gasteiger partial charge in [0.25, 0.3) is 0 Å². The fourth-order valence-electron chi connectivity index (χ4n) is 1.88. The maximum absolute atomic E-state index is 11.8. The van der Waals surface area contributed by atoms with Gasteiger partial charge in [-0.2, -0.15) is 5.10 Å². The van der Waals surface area contributed by atoms with Gasteiger partial charge in [-0.3, -0.25) is 9.59 Å². The zero-order chi connectivity index (χ0) is 17.4. The Kier molecular flexibility index (Phi) is 5.90. The van der Waals surface area contributed by atoms with Gasteiger partial charge in [-0.05, 0) is 29.8 Å². The summed E-state index contributed by atoms with van der Waals surface area (Å²) in [6, 6.07) is 13.2. The Morgan fingerprint density at radius 1 is 1.17 bits per heavy atom. The van der Waals surface area contributed by atoms with Crippen molar-refractivity contribution in [2.75, 3.05) is 12.4 Å². The van der Waals surface area contributed by atoms with E-state index in [0.29, 0.717) is 17.0 Å². The van der Waals surface area contributed by atoms with Crippen LogP contribution < -0.4 is 15.5 Å². The number of phenolic OH excluding ortho intramolecular Hbond substituents is 1. The summed E-state index contributed by atoms with van der Waals surface area (Å²) >= 11 is 0. The molecule has 0 aliphatic carbocycles. The molecule has 0 aromatic heterocycles. The van der Waals surface area contributed by atoms with Crippen LogP contribution in [0, 0.1) is 0 Å². The van der Waals surface area contributed by atoms with Crippen LogP contribution in [-0.4, -0.2) is 30.2 Å². The normalized spacial score (nSPS) is 10.4. The number of nitrogens with one attached hydrogen (secondary N) is 2. The molecule has 0 fully saturated rings. The van der Waals surface area contributed by atoms with E-state index in [1.807, 2.05) is 0 Å². The van der Waals surface area contributed by atoms with Gasteiger partial charge in [0.2, 0.25) is 11.8 Å². The van der Waals surface area contributed by atoms with Gasteiger partial charge in [0.1, 0.15) is 17.9 Å². The van der Waals surface area contributed by atoms with Gasteiger partial charge in [0.05, 0.1) is 13.3 Å². The molecule has 2 rings (SSSR count). The number of phenols is 1. The smallest absolute Gasteiger partial charge is 0.249 e. The molecule has 2 aromatic carbocycles. The SMILES string of the molecule is COc1cccc(NC(=O)CC(=O)NN=Cc2cccc(O)c2)c1. The zero-order valence-corrected chi connectivity index (χ0v) is 13.0. The lowest BCUT2D eigenvalue weighted by Crippen LogP contribution is -2.24. The molecule has 7 heteroatoms. The molecule has 2 aromatic rings. The van der Waals surface area contributed by atoms with Crippen LogP contribution in [0.5, 0.6) is 11.5 Å². The first-order chi connectivity index (χ1) is 11.6. The molecule has 0 heterocycles.